The first kappa shape index (κ1) is 21.5. The van der Waals surface area contributed by atoms with Crippen LogP contribution in [0.5, 0.6) is 5.75 Å². The summed E-state index contributed by atoms with van der Waals surface area (Å²) in [6, 6.07) is 8.19. The van der Waals surface area contributed by atoms with Crippen molar-refractivity contribution in [2.75, 3.05) is 18.5 Å². The molecular weight excluding hydrogens is 415 g/mol. The molecule has 0 aliphatic carbocycles. The number of nitrogens with one attached hydrogen (secondary N) is 1. The van der Waals surface area contributed by atoms with E-state index in [-0.39, 0.29) is 11.9 Å². The van der Waals surface area contributed by atoms with E-state index in [1.54, 1.807) is 6.07 Å². The Morgan fingerprint density at radius 1 is 1.26 bits per heavy atom. The molecule has 8 heteroatoms. The third-order valence-corrected chi connectivity index (χ3v) is 5.77. The minimum Gasteiger partial charge on any atom is -0.488 e. The molecule has 162 valence electrons. The summed E-state index contributed by atoms with van der Waals surface area (Å²) in [6.45, 7) is 5.57. The van der Waals surface area contributed by atoms with Crippen LogP contribution in [0.2, 0.25) is 0 Å². The second-order valence-corrected chi connectivity index (χ2v) is 8.14. The van der Waals surface area contributed by atoms with Gasteiger partial charge in [-0.1, -0.05) is 0 Å². The molecule has 4 rings (SSSR count). The highest BCUT2D eigenvalue weighted by Crippen LogP contribution is 2.34. The van der Waals surface area contributed by atoms with Crippen LogP contribution in [-0.4, -0.2) is 29.3 Å². The lowest BCUT2D eigenvalue weighted by molar-refractivity contribution is 0.0507. The lowest BCUT2D eigenvalue weighted by Gasteiger charge is -2.26. The predicted octanol–water partition coefficient (Wildman–Crippen LogP) is 5.77. The number of hydrogen-bond acceptors (Lipinski definition) is 7. The maximum Gasteiger partial charge on any atom is 0.146 e. The van der Waals surface area contributed by atoms with Crippen LogP contribution in [0, 0.1) is 18.7 Å². The van der Waals surface area contributed by atoms with E-state index in [9.17, 15) is 4.39 Å². The van der Waals surface area contributed by atoms with Gasteiger partial charge in [0.05, 0.1) is 23.0 Å². The van der Waals surface area contributed by atoms with Crippen molar-refractivity contribution in [3.05, 3.63) is 48.0 Å². The van der Waals surface area contributed by atoms with E-state index in [1.807, 2.05) is 26.0 Å². The fraction of sp³-hybridized carbons (Fsp3) is 0.391. The van der Waals surface area contributed by atoms with E-state index in [0.29, 0.717) is 28.9 Å². The Hall–Kier alpha value is -2.71. The Morgan fingerprint density at radius 2 is 2.06 bits per heavy atom. The standard InChI is InChI=1S/C23H25FN4O2S/c1-14-9-18(28-31)12-20-22(14)23(26-13-25-20)27-19-4-3-17(24)11-21(19)30-15(2)10-16-5-7-29-8-6-16/h3-4,9,11-13,15-16H,5-8,10H2,1-2H3,(H,25,26,27). The van der Waals surface area contributed by atoms with Crippen LogP contribution < -0.4 is 10.1 Å². The van der Waals surface area contributed by atoms with Crippen LogP contribution in [0.4, 0.5) is 21.6 Å². The largest absolute Gasteiger partial charge is 0.488 e. The van der Waals surface area contributed by atoms with Crippen molar-refractivity contribution >= 4 is 40.5 Å². The molecular formula is C23H25FN4O2S. The first-order valence-electron chi connectivity index (χ1n) is 10.4. The van der Waals surface area contributed by atoms with Gasteiger partial charge in [-0.25, -0.2) is 14.4 Å². The van der Waals surface area contributed by atoms with E-state index in [0.717, 1.165) is 48.9 Å². The number of anilines is 2. The van der Waals surface area contributed by atoms with E-state index in [1.165, 1.54) is 18.5 Å². The summed E-state index contributed by atoms with van der Waals surface area (Å²) in [5.41, 5.74) is 3.01. The van der Waals surface area contributed by atoms with Crippen LogP contribution in [0.25, 0.3) is 10.9 Å². The third-order valence-electron chi connectivity index (χ3n) is 5.56. The maximum atomic E-state index is 14.0. The predicted molar refractivity (Wildman–Crippen MR) is 122 cm³/mol. The molecule has 6 nitrogen and oxygen atoms in total. The van der Waals surface area contributed by atoms with Gasteiger partial charge in [0.1, 0.15) is 23.7 Å². The van der Waals surface area contributed by atoms with E-state index < -0.39 is 0 Å². The molecule has 1 saturated heterocycles. The van der Waals surface area contributed by atoms with E-state index >= 15 is 0 Å². The quantitative estimate of drug-likeness (QED) is 0.503. The van der Waals surface area contributed by atoms with Crippen LogP contribution in [0.1, 0.15) is 31.7 Å². The zero-order chi connectivity index (χ0) is 21.8. The van der Waals surface area contributed by atoms with Crippen molar-refractivity contribution in [2.24, 2.45) is 10.3 Å². The molecule has 0 saturated carbocycles. The highest BCUT2D eigenvalue weighted by Gasteiger charge is 2.19. The third kappa shape index (κ3) is 5.14. The summed E-state index contributed by atoms with van der Waals surface area (Å²) in [5, 5.41) is 4.17. The Balaban J connectivity index is 1.60. The molecule has 0 radical (unpaired) electrons. The Bertz CT molecular complexity index is 1090. The van der Waals surface area contributed by atoms with Gasteiger partial charge in [0.25, 0.3) is 0 Å². The minimum absolute atomic E-state index is 0.0504. The van der Waals surface area contributed by atoms with Crippen LogP contribution >= 0.6 is 0 Å². The van der Waals surface area contributed by atoms with Gasteiger partial charge in [0.2, 0.25) is 0 Å². The van der Waals surface area contributed by atoms with Crippen molar-refractivity contribution in [3.63, 3.8) is 0 Å². The van der Waals surface area contributed by atoms with Crippen molar-refractivity contribution in [1.29, 1.82) is 0 Å². The maximum absolute atomic E-state index is 14.0. The van der Waals surface area contributed by atoms with Crippen molar-refractivity contribution < 1.29 is 13.9 Å². The number of ether oxygens (including phenoxy) is 2. The van der Waals surface area contributed by atoms with Gasteiger partial charge < -0.3 is 14.8 Å². The van der Waals surface area contributed by atoms with Gasteiger partial charge in [-0.15, -0.1) is 0 Å². The molecule has 3 aromatic rings. The molecule has 0 spiro atoms. The normalized spacial score (nSPS) is 15.6. The molecule has 1 aliphatic rings. The molecule has 1 aromatic heterocycles. The lowest BCUT2D eigenvalue weighted by atomic mass is 9.94. The number of aryl methyl sites for hydroxylation is 1. The summed E-state index contributed by atoms with van der Waals surface area (Å²) in [4.78, 5) is 8.76. The fourth-order valence-corrected chi connectivity index (χ4v) is 4.17. The topological polar surface area (TPSA) is 68.6 Å². The molecule has 1 aliphatic heterocycles. The summed E-state index contributed by atoms with van der Waals surface area (Å²) in [7, 11) is 0. The van der Waals surface area contributed by atoms with Crippen molar-refractivity contribution in [2.45, 2.75) is 39.2 Å². The summed E-state index contributed by atoms with van der Waals surface area (Å²) >= 11 is 4.81. The highest BCUT2D eigenvalue weighted by molar-refractivity contribution is 7.47. The average Bonchev–Trinajstić information content (AvgIpc) is 2.76. The monoisotopic (exact) mass is 440 g/mol. The zero-order valence-corrected chi connectivity index (χ0v) is 18.4. The molecule has 1 atom stereocenters. The molecule has 1 unspecified atom stereocenters. The SMILES string of the molecule is Cc1cc(N=S)cc2ncnc(Nc3ccc(F)cc3OC(C)CC3CCOCC3)c12. The number of benzene rings is 2. The number of nitrogens with zero attached hydrogens (tertiary/aromatic N) is 3. The lowest BCUT2D eigenvalue weighted by Crippen LogP contribution is -2.23. The second kappa shape index (κ2) is 9.62. The van der Waals surface area contributed by atoms with Crippen molar-refractivity contribution in [3.8, 4) is 5.75 Å². The number of halogens is 1. The van der Waals surface area contributed by atoms with Crippen LogP contribution in [0.3, 0.4) is 0 Å². The van der Waals surface area contributed by atoms with Gasteiger partial charge in [-0.3, -0.25) is 0 Å². The Kier molecular flexibility index (Phi) is 6.67. The fourth-order valence-electron chi connectivity index (χ4n) is 4.06. The molecule has 2 aromatic carbocycles. The first-order chi connectivity index (χ1) is 15.0. The number of rotatable bonds is 7. The summed E-state index contributed by atoms with van der Waals surface area (Å²) in [6.07, 6.45) is 4.40. The van der Waals surface area contributed by atoms with Gasteiger partial charge >= 0.3 is 0 Å². The molecule has 1 fully saturated rings. The molecule has 31 heavy (non-hydrogen) atoms. The first-order valence-corrected chi connectivity index (χ1v) is 10.8. The zero-order valence-electron chi connectivity index (χ0n) is 17.6. The smallest absolute Gasteiger partial charge is 0.146 e. The van der Waals surface area contributed by atoms with E-state index in [2.05, 4.69) is 19.6 Å². The van der Waals surface area contributed by atoms with Gasteiger partial charge in [0.15, 0.2) is 0 Å². The number of aromatic nitrogens is 2. The van der Waals surface area contributed by atoms with Crippen molar-refractivity contribution in [1.82, 2.24) is 9.97 Å². The summed E-state index contributed by atoms with van der Waals surface area (Å²) in [5.74, 6) is 1.29. The second-order valence-electron chi connectivity index (χ2n) is 7.96. The molecule has 1 N–H and O–H groups in total. The van der Waals surface area contributed by atoms with Crippen LogP contribution in [-0.2, 0) is 17.2 Å². The molecule has 2 heterocycles. The molecule has 0 amide bonds. The number of fused-ring (bicyclic) bond motifs is 1. The van der Waals surface area contributed by atoms with Crippen LogP contribution in [0.15, 0.2) is 41.0 Å². The summed E-state index contributed by atoms with van der Waals surface area (Å²) < 4.78 is 29.5. The van der Waals surface area contributed by atoms with Gasteiger partial charge in [-0.2, -0.15) is 4.36 Å². The van der Waals surface area contributed by atoms with E-state index in [4.69, 9.17) is 21.9 Å². The van der Waals surface area contributed by atoms with Gasteiger partial charge in [-0.05, 0) is 68.9 Å². The number of hydrogen-bond donors (Lipinski definition) is 1. The Labute approximate surface area is 186 Å². The Morgan fingerprint density at radius 3 is 2.84 bits per heavy atom. The average molecular weight is 441 g/mol. The highest BCUT2D eigenvalue weighted by atomic mass is 32.1. The van der Waals surface area contributed by atoms with Gasteiger partial charge in [0, 0.05) is 37.1 Å². The molecule has 0 bridgehead atoms. The minimum atomic E-state index is -0.348.